The third kappa shape index (κ3) is 3.82. The fourth-order valence-electron chi connectivity index (χ4n) is 2.36. The minimum absolute atomic E-state index is 0.184. The van der Waals surface area contributed by atoms with Crippen LogP contribution in [0.5, 0.6) is 0 Å². The van der Waals surface area contributed by atoms with Crippen LogP contribution in [0, 0.1) is 0 Å². The number of nitrogens with one attached hydrogen (secondary N) is 2. The number of rotatable bonds is 3. The molecule has 0 bridgehead atoms. The lowest BCUT2D eigenvalue weighted by atomic mass is 9.87. The molecule has 0 amide bonds. The van der Waals surface area contributed by atoms with Crippen molar-refractivity contribution in [2.24, 2.45) is 0 Å². The van der Waals surface area contributed by atoms with Crippen molar-refractivity contribution in [2.45, 2.75) is 26.2 Å². The molecule has 1 heterocycles. The quantitative estimate of drug-likeness (QED) is 0.620. The summed E-state index contributed by atoms with van der Waals surface area (Å²) in [6.07, 6.45) is 3.94. The van der Waals surface area contributed by atoms with Gasteiger partial charge >= 0.3 is 0 Å². The van der Waals surface area contributed by atoms with E-state index >= 15 is 0 Å². The highest BCUT2D eigenvalue weighted by Crippen LogP contribution is 2.22. The van der Waals surface area contributed by atoms with Crippen LogP contribution < -0.4 is 5.32 Å². The number of anilines is 1. The lowest BCUT2D eigenvalue weighted by Crippen LogP contribution is -2.10. The van der Waals surface area contributed by atoms with Gasteiger partial charge in [-0.15, -0.1) is 0 Å². The first-order chi connectivity index (χ1) is 10.9. The number of nitrogens with zero attached hydrogens (tertiary/aromatic N) is 1. The average molecular weight is 370 g/mol. The lowest BCUT2D eigenvalue weighted by molar-refractivity contribution is 0.590. The highest BCUT2D eigenvalue weighted by Gasteiger charge is 2.12. The minimum atomic E-state index is 0.184. The topological polar surface area (TPSA) is 40.7 Å². The van der Waals surface area contributed by atoms with E-state index in [-0.39, 0.29) is 5.41 Å². The van der Waals surface area contributed by atoms with Crippen LogP contribution in [0.4, 0.5) is 5.95 Å². The van der Waals surface area contributed by atoms with Gasteiger partial charge in [-0.3, -0.25) is 0 Å². The van der Waals surface area contributed by atoms with Crippen molar-refractivity contribution in [2.75, 3.05) is 5.32 Å². The summed E-state index contributed by atoms with van der Waals surface area (Å²) in [5.74, 6) is 0.737. The molecule has 23 heavy (non-hydrogen) atoms. The fourth-order valence-corrected chi connectivity index (χ4v) is 2.72. The second-order valence-corrected chi connectivity index (χ2v) is 7.51. The summed E-state index contributed by atoms with van der Waals surface area (Å²) >= 11 is 3.46. The lowest BCUT2D eigenvalue weighted by Gasteiger charge is -2.18. The molecule has 0 aliphatic heterocycles. The fraction of sp³-hybridized carbons (Fsp3) is 0.211. The molecule has 118 valence electrons. The molecule has 3 nitrogen and oxygen atoms in total. The average Bonchev–Trinajstić information content (AvgIpc) is 2.88. The molecular formula is C19H20BrN3. The molecule has 2 aromatic carbocycles. The molecule has 0 saturated carbocycles. The molecule has 0 atom stereocenters. The van der Waals surface area contributed by atoms with Crippen LogP contribution in [-0.4, -0.2) is 9.97 Å². The Morgan fingerprint density at radius 3 is 2.52 bits per heavy atom. The monoisotopic (exact) mass is 369 g/mol. The zero-order chi connectivity index (χ0) is 16.4. The van der Waals surface area contributed by atoms with Gasteiger partial charge in [-0.2, -0.15) is 0 Å². The largest absolute Gasteiger partial charge is 0.332 e. The maximum atomic E-state index is 4.49. The molecule has 1 aromatic heterocycles. The summed E-state index contributed by atoms with van der Waals surface area (Å²) in [6.45, 7) is 6.66. The van der Waals surface area contributed by atoms with Gasteiger partial charge < -0.3 is 10.3 Å². The Balaban J connectivity index is 1.70. The predicted octanol–water partition coefficient (Wildman–Crippen LogP) is 5.71. The van der Waals surface area contributed by atoms with E-state index in [1.165, 1.54) is 5.56 Å². The van der Waals surface area contributed by atoms with Crippen molar-refractivity contribution in [3.8, 4) is 0 Å². The number of H-pyrrole nitrogens is 1. The second kappa shape index (κ2) is 6.20. The van der Waals surface area contributed by atoms with Crippen LogP contribution in [0.3, 0.4) is 0 Å². The molecule has 3 aromatic rings. The van der Waals surface area contributed by atoms with Crippen LogP contribution in [0.25, 0.3) is 17.1 Å². The number of hydrogen-bond acceptors (Lipinski definition) is 2. The molecule has 0 unspecified atom stereocenters. The van der Waals surface area contributed by atoms with Crippen LogP contribution >= 0.6 is 15.9 Å². The normalized spacial score (nSPS) is 12.2. The van der Waals surface area contributed by atoms with Crippen LogP contribution in [0.1, 0.15) is 31.9 Å². The molecule has 0 radical (unpaired) electrons. The summed E-state index contributed by atoms with van der Waals surface area (Å²) in [4.78, 5) is 7.74. The molecule has 2 N–H and O–H groups in total. The molecule has 4 heteroatoms. The standard InChI is InChI=1S/C19H20BrN3/c1-19(2,3)14-6-4-13(5-7-14)10-11-21-18-22-16-9-8-15(20)12-17(16)23-18/h4-12H,1-3H3,(H2,21,22,23)/b11-10+. The van der Waals surface area contributed by atoms with Crippen molar-refractivity contribution in [3.05, 3.63) is 64.3 Å². The van der Waals surface area contributed by atoms with E-state index in [4.69, 9.17) is 0 Å². The summed E-state index contributed by atoms with van der Waals surface area (Å²) in [7, 11) is 0. The van der Waals surface area contributed by atoms with Gasteiger partial charge in [0.15, 0.2) is 0 Å². The first-order valence-corrected chi connectivity index (χ1v) is 8.40. The molecule has 0 fully saturated rings. The Bertz CT molecular complexity index is 839. The third-order valence-electron chi connectivity index (χ3n) is 3.72. The SMILES string of the molecule is CC(C)(C)c1ccc(/C=C/Nc2nc3ccc(Br)cc3[nH]2)cc1. The molecule has 0 aliphatic rings. The highest BCUT2D eigenvalue weighted by molar-refractivity contribution is 9.10. The number of halogens is 1. The zero-order valence-corrected chi connectivity index (χ0v) is 15.1. The summed E-state index contributed by atoms with van der Waals surface area (Å²) in [5, 5.41) is 3.18. The molecule has 3 rings (SSSR count). The number of fused-ring (bicyclic) bond motifs is 1. The van der Waals surface area contributed by atoms with E-state index in [1.807, 2.05) is 30.5 Å². The van der Waals surface area contributed by atoms with Gasteiger partial charge in [0, 0.05) is 10.7 Å². The number of aromatic amines is 1. The van der Waals surface area contributed by atoms with Crippen molar-refractivity contribution in [1.29, 1.82) is 0 Å². The van der Waals surface area contributed by atoms with Gasteiger partial charge in [0.25, 0.3) is 0 Å². The maximum absolute atomic E-state index is 4.49. The van der Waals surface area contributed by atoms with E-state index in [9.17, 15) is 0 Å². The second-order valence-electron chi connectivity index (χ2n) is 6.60. The van der Waals surface area contributed by atoms with Gasteiger partial charge in [-0.1, -0.05) is 61.0 Å². The number of benzene rings is 2. The Labute approximate surface area is 145 Å². The molecule has 0 aliphatic carbocycles. The van der Waals surface area contributed by atoms with Gasteiger partial charge in [-0.25, -0.2) is 4.98 Å². The van der Waals surface area contributed by atoms with Crippen molar-refractivity contribution < 1.29 is 0 Å². The van der Waals surface area contributed by atoms with Crippen molar-refractivity contribution >= 4 is 39.0 Å². The highest BCUT2D eigenvalue weighted by atomic mass is 79.9. The minimum Gasteiger partial charge on any atom is -0.332 e. The number of aromatic nitrogens is 2. The first-order valence-electron chi connectivity index (χ1n) is 7.61. The maximum Gasteiger partial charge on any atom is 0.205 e. The van der Waals surface area contributed by atoms with E-state index < -0.39 is 0 Å². The van der Waals surface area contributed by atoms with Gasteiger partial charge in [0.2, 0.25) is 5.95 Å². The van der Waals surface area contributed by atoms with E-state index in [2.05, 4.69) is 76.3 Å². The van der Waals surface area contributed by atoms with Crippen molar-refractivity contribution in [3.63, 3.8) is 0 Å². The summed E-state index contributed by atoms with van der Waals surface area (Å²) in [6, 6.07) is 14.6. The number of imidazole rings is 1. The van der Waals surface area contributed by atoms with Crippen LogP contribution in [-0.2, 0) is 5.41 Å². The van der Waals surface area contributed by atoms with E-state index in [0.717, 1.165) is 27.0 Å². The Morgan fingerprint density at radius 1 is 1.09 bits per heavy atom. The van der Waals surface area contributed by atoms with Gasteiger partial charge in [-0.05, 0) is 40.8 Å². The summed E-state index contributed by atoms with van der Waals surface area (Å²) in [5.41, 5.74) is 4.63. The first kappa shape index (κ1) is 15.8. The predicted molar refractivity (Wildman–Crippen MR) is 102 cm³/mol. The number of hydrogen-bond donors (Lipinski definition) is 2. The molecule has 0 saturated heterocycles. The Hall–Kier alpha value is -2.07. The van der Waals surface area contributed by atoms with Crippen LogP contribution in [0.15, 0.2) is 53.1 Å². The smallest absolute Gasteiger partial charge is 0.205 e. The summed E-state index contributed by atoms with van der Waals surface area (Å²) < 4.78 is 1.04. The van der Waals surface area contributed by atoms with E-state index in [0.29, 0.717) is 0 Å². The van der Waals surface area contributed by atoms with Crippen LogP contribution in [0.2, 0.25) is 0 Å². The van der Waals surface area contributed by atoms with Gasteiger partial charge in [0.05, 0.1) is 11.0 Å². The van der Waals surface area contributed by atoms with E-state index in [1.54, 1.807) is 0 Å². The Kier molecular flexibility index (Phi) is 4.26. The molecule has 0 spiro atoms. The van der Waals surface area contributed by atoms with Gasteiger partial charge in [0.1, 0.15) is 0 Å². The van der Waals surface area contributed by atoms with Crippen molar-refractivity contribution in [1.82, 2.24) is 9.97 Å². The molecular weight excluding hydrogens is 350 g/mol. The third-order valence-corrected chi connectivity index (χ3v) is 4.21. The Morgan fingerprint density at radius 2 is 1.83 bits per heavy atom. The zero-order valence-electron chi connectivity index (χ0n) is 13.5.